The standard InChI is InChI=1S/C17H24O4/c1-6-8-13-11-14(20-7-2)9-10-15(13)21-12-17(3,4)16(18)19-5/h6,9-11H,1,7-8,12H2,2-5H3. The lowest BCUT2D eigenvalue weighted by atomic mass is 9.95. The molecular weight excluding hydrogens is 268 g/mol. The molecule has 4 heteroatoms. The summed E-state index contributed by atoms with van der Waals surface area (Å²) in [5, 5.41) is 0. The molecule has 0 unspecified atom stereocenters. The molecule has 0 saturated heterocycles. The molecule has 0 aliphatic heterocycles. The molecule has 0 amide bonds. The summed E-state index contributed by atoms with van der Waals surface area (Å²) in [6.45, 7) is 10.1. The zero-order chi connectivity index (χ0) is 15.9. The van der Waals surface area contributed by atoms with Gasteiger partial charge in [0.1, 0.15) is 18.1 Å². The van der Waals surface area contributed by atoms with E-state index in [4.69, 9.17) is 14.2 Å². The van der Waals surface area contributed by atoms with Gasteiger partial charge < -0.3 is 14.2 Å². The van der Waals surface area contributed by atoms with Gasteiger partial charge in [0.25, 0.3) is 0 Å². The molecule has 0 N–H and O–H groups in total. The number of methoxy groups -OCH3 is 1. The molecule has 0 heterocycles. The topological polar surface area (TPSA) is 44.8 Å². The molecule has 4 nitrogen and oxygen atoms in total. The van der Waals surface area contributed by atoms with Crippen LogP contribution in [-0.2, 0) is 16.0 Å². The van der Waals surface area contributed by atoms with E-state index in [-0.39, 0.29) is 12.6 Å². The zero-order valence-electron chi connectivity index (χ0n) is 13.3. The van der Waals surface area contributed by atoms with Crippen LogP contribution in [-0.4, -0.2) is 26.3 Å². The molecule has 1 aromatic rings. The average molecular weight is 292 g/mol. The van der Waals surface area contributed by atoms with Gasteiger partial charge in [0, 0.05) is 5.56 Å². The Kier molecular flexibility index (Phi) is 6.28. The number of carbonyl (C=O) groups is 1. The van der Waals surface area contributed by atoms with Crippen LogP contribution in [0.2, 0.25) is 0 Å². The summed E-state index contributed by atoms with van der Waals surface area (Å²) in [5.74, 6) is 1.24. The first kappa shape index (κ1) is 17.1. The number of rotatable bonds is 8. The number of benzene rings is 1. The van der Waals surface area contributed by atoms with E-state index < -0.39 is 5.41 Å². The summed E-state index contributed by atoms with van der Waals surface area (Å²) in [6, 6.07) is 5.65. The summed E-state index contributed by atoms with van der Waals surface area (Å²) < 4.78 is 16.1. The molecule has 0 saturated carbocycles. The summed E-state index contributed by atoms with van der Waals surface area (Å²) in [6.07, 6.45) is 2.48. The largest absolute Gasteiger partial charge is 0.494 e. The smallest absolute Gasteiger partial charge is 0.314 e. The number of carbonyl (C=O) groups excluding carboxylic acids is 1. The molecule has 0 aromatic heterocycles. The Balaban J connectivity index is 2.87. The van der Waals surface area contributed by atoms with Crippen LogP contribution in [0, 0.1) is 5.41 Å². The average Bonchev–Trinajstić information content (AvgIpc) is 2.46. The van der Waals surface area contributed by atoms with Gasteiger partial charge in [0.05, 0.1) is 19.1 Å². The van der Waals surface area contributed by atoms with E-state index in [9.17, 15) is 4.79 Å². The van der Waals surface area contributed by atoms with E-state index in [1.807, 2.05) is 31.2 Å². The predicted molar refractivity (Wildman–Crippen MR) is 82.8 cm³/mol. The van der Waals surface area contributed by atoms with E-state index in [2.05, 4.69) is 6.58 Å². The zero-order valence-corrected chi connectivity index (χ0v) is 13.3. The fourth-order valence-electron chi connectivity index (χ4n) is 1.86. The van der Waals surface area contributed by atoms with Gasteiger partial charge in [-0.3, -0.25) is 4.79 Å². The first-order valence-electron chi connectivity index (χ1n) is 7.02. The Labute approximate surface area is 126 Å². The van der Waals surface area contributed by atoms with Crippen LogP contribution < -0.4 is 9.47 Å². The second-order valence-corrected chi connectivity index (χ2v) is 5.36. The Bertz CT molecular complexity index is 492. The molecule has 0 aliphatic carbocycles. The SMILES string of the molecule is C=CCc1cc(OCC)ccc1OCC(C)(C)C(=O)OC. The van der Waals surface area contributed by atoms with E-state index in [0.29, 0.717) is 13.0 Å². The predicted octanol–water partition coefficient (Wildman–Crippen LogP) is 3.39. The van der Waals surface area contributed by atoms with Crippen LogP contribution in [0.15, 0.2) is 30.9 Å². The van der Waals surface area contributed by atoms with E-state index >= 15 is 0 Å². The van der Waals surface area contributed by atoms with Gasteiger partial charge in [0.15, 0.2) is 0 Å². The van der Waals surface area contributed by atoms with Gasteiger partial charge in [-0.05, 0) is 45.4 Å². The minimum Gasteiger partial charge on any atom is -0.494 e. The van der Waals surface area contributed by atoms with Crippen molar-refractivity contribution >= 4 is 5.97 Å². The monoisotopic (exact) mass is 292 g/mol. The van der Waals surface area contributed by atoms with Gasteiger partial charge in [-0.25, -0.2) is 0 Å². The molecular formula is C17H24O4. The lowest BCUT2D eigenvalue weighted by molar-refractivity contribution is -0.152. The molecule has 0 spiro atoms. The van der Waals surface area contributed by atoms with Crippen LogP contribution in [0.4, 0.5) is 0 Å². The Morgan fingerprint density at radius 2 is 2.05 bits per heavy atom. The molecule has 1 rings (SSSR count). The molecule has 1 aromatic carbocycles. The first-order valence-corrected chi connectivity index (χ1v) is 7.02. The molecule has 0 atom stereocenters. The summed E-state index contributed by atoms with van der Waals surface area (Å²) in [7, 11) is 1.38. The van der Waals surface area contributed by atoms with Crippen molar-refractivity contribution in [3.05, 3.63) is 36.4 Å². The highest BCUT2D eigenvalue weighted by molar-refractivity contribution is 5.75. The number of hydrogen-bond acceptors (Lipinski definition) is 4. The number of esters is 1. The third kappa shape index (κ3) is 4.81. The molecule has 0 radical (unpaired) electrons. The Hall–Kier alpha value is -1.97. The van der Waals surface area contributed by atoms with E-state index in [0.717, 1.165) is 17.1 Å². The molecule has 0 aliphatic rings. The maximum Gasteiger partial charge on any atom is 0.314 e. The van der Waals surface area contributed by atoms with Crippen LogP contribution in [0.1, 0.15) is 26.3 Å². The molecule has 21 heavy (non-hydrogen) atoms. The van der Waals surface area contributed by atoms with Gasteiger partial charge in [-0.1, -0.05) is 6.08 Å². The van der Waals surface area contributed by atoms with Crippen molar-refractivity contribution in [2.24, 2.45) is 5.41 Å². The van der Waals surface area contributed by atoms with Crippen molar-refractivity contribution in [1.82, 2.24) is 0 Å². The number of ether oxygens (including phenoxy) is 3. The molecule has 0 fully saturated rings. The van der Waals surface area contributed by atoms with Crippen molar-refractivity contribution in [2.45, 2.75) is 27.2 Å². The van der Waals surface area contributed by atoms with Crippen molar-refractivity contribution in [3.63, 3.8) is 0 Å². The Morgan fingerprint density at radius 3 is 2.62 bits per heavy atom. The fraction of sp³-hybridized carbons (Fsp3) is 0.471. The maximum atomic E-state index is 11.7. The van der Waals surface area contributed by atoms with Gasteiger partial charge >= 0.3 is 5.97 Å². The lowest BCUT2D eigenvalue weighted by Gasteiger charge is -2.22. The van der Waals surface area contributed by atoms with Gasteiger partial charge in [-0.2, -0.15) is 0 Å². The van der Waals surface area contributed by atoms with E-state index in [1.54, 1.807) is 13.8 Å². The highest BCUT2D eigenvalue weighted by atomic mass is 16.5. The minimum absolute atomic E-state index is 0.248. The van der Waals surface area contributed by atoms with Gasteiger partial charge in [-0.15, -0.1) is 6.58 Å². The van der Waals surface area contributed by atoms with Crippen molar-refractivity contribution in [1.29, 1.82) is 0 Å². The summed E-state index contributed by atoms with van der Waals surface area (Å²) >= 11 is 0. The summed E-state index contributed by atoms with van der Waals surface area (Å²) in [4.78, 5) is 11.7. The molecule has 0 bridgehead atoms. The van der Waals surface area contributed by atoms with Crippen LogP contribution in [0.5, 0.6) is 11.5 Å². The lowest BCUT2D eigenvalue weighted by Crippen LogP contribution is -2.32. The van der Waals surface area contributed by atoms with E-state index in [1.165, 1.54) is 7.11 Å². The van der Waals surface area contributed by atoms with Crippen molar-refractivity contribution in [2.75, 3.05) is 20.3 Å². The van der Waals surface area contributed by atoms with Gasteiger partial charge in [0.2, 0.25) is 0 Å². The first-order chi connectivity index (χ1) is 9.94. The van der Waals surface area contributed by atoms with Crippen LogP contribution in [0.3, 0.4) is 0 Å². The van der Waals surface area contributed by atoms with Crippen molar-refractivity contribution in [3.8, 4) is 11.5 Å². The van der Waals surface area contributed by atoms with Crippen LogP contribution in [0.25, 0.3) is 0 Å². The fourth-order valence-corrected chi connectivity index (χ4v) is 1.86. The maximum absolute atomic E-state index is 11.7. The number of allylic oxidation sites excluding steroid dienone is 1. The minimum atomic E-state index is -0.696. The second-order valence-electron chi connectivity index (χ2n) is 5.36. The normalized spacial score (nSPS) is 10.9. The quantitative estimate of drug-likeness (QED) is 0.544. The highest BCUT2D eigenvalue weighted by Gasteiger charge is 2.30. The summed E-state index contributed by atoms with van der Waals surface area (Å²) in [5.41, 5.74) is 0.287. The van der Waals surface area contributed by atoms with Crippen molar-refractivity contribution < 1.29 is 19.0 Å². The highest BCUT2D eigenvalue weighted by Crippen LogP contribution is 2.27. The third-order valence-electron chi connectivity index (χ3n) is 3.03. The van der Waals surface area contributed by atoms with Crippen LogP contribution >= 0.6 is 0 Å². The second kappa shape index (κ2) is 7.72. The number of hydrogen-bond donors (Lipinski definition) is 0. The third-order valence-corrected chi connectivity index (χ3v) is 3.03. The molecule has 116 valence electrons. The Morgan fingerprint density at radius 1 is 1.33 bits per heavy atom.